The van der Waals surface area contributed by atoms with Gasteiger partial charge in [-0.2, -0.15) is 5.10 Å². The zero-order valence-electron chi connectivity index (χ0n) is 7.39. The molecule has 0 fully saturated rings. The van der Waals surface area contributed by atoms with Gasteiger partial charge in [-0.15, -0.1) is 0 Å². The second kappa shape index (κ2) is 4.65. The van der Waals surface area contributed by atoms with Crippen molar-refractivity contribution in [3.63, 3.8) is 0 Å². The first-order valence-corrected chi connectivity index (χ1v) is 5.82. The van der Waals surface area contributed by atoms with Crippen LogP contribution in [0.4, 0.5) is 0 Å². The van der Waals surface area contributed by atoms with E-state index in [9.17, 15) is 9.67 Å². The van der Waals surface area contributed by atoms with Crippen LogP contribution in [0.25, 0.3) is 0 Å². The smallest absolute Gasteiger partial charge is 0.325 e. The highest BCUT2D eigenvalue weighted by molar-refractivity contribution is 7.51. The van der Waals surface area contributed by atoms with Crippen molar-refractivity contribution >= 4 is 7.60 Å². The predicted octanol–water partition coefficient (Wildman–Crippen LogP) is -0.793. The van der Waals surface area contributed by atoms with Crippen LogP contribution in [-0.4, -0.2) is 41.9 Å². The Morgan fingerprint density at radius 2 is 2.21 bits per heavy atom. The van der Waals surface area contributed by atoms with E-state index >= 15 is 0 Å². The first-order valence-electron chi connectivity index (χ1n) is 4.02. The highest BCUT2D eigenvalue weighted by Gasteiger charge is 2.16. The van der Waals surface area contributed by atoms with E-state index in [-0.39, 0.29) is 19.1 Å². The minimum Gasteiger partial charge on any atom is -0.391 e. The normalized spacial score (nSPS) is 14.2. The second-order valence-corrected chi connectivity index (χ2v) is 4.72. The van der Waals surface area contributed by atoms with Crippen molar-refractivity contribution in [2.24, 2.45) is 0 Å². The molecule has 7 nitrogen and oxygen atoms in total. The van der Waals surface area contributed by atoms with E-state index in [0.29, 0.717) is 0 Å². The van der Waals surface area contributed by atoms with Gasteiger partial charge in [0, 0.05) is 0 Å². The molecule has 0 aromatic carbocycles. The van der Waals surface area contributed by atoms with Crippen molar-refractivity contribution in [2.45, 2.75) is 19.1 Å². The van der Waals surface area contributed by atoms with E-state index in [2.05, 4.69) is 10.1 Å². The standard InChI is InChI=1S/C6H12N3O4P/c10-6(1-2-14(11,12)13)3-9-5-7-4-8-9/h4-6,10H,1-3H2,(H2,11,12,13). The van der Waals surface area contributed by atoms with E-state index in [1.54, 1.807) is 0 Å². The van der Waals surface area contributed by atoms with E-state index < -0.39 is 13.7 Å². The molecule has 8 heteroatoms. The van der Waals surface area contributed by atoms with Crippen molar-refractivity contribution in [2.75, 3.05) is 6.16 Å². The Hall–Kier alpha value is -0.750. The largest absolute Gasteiger partial charge is 0.391 e. The summed E-state index contributed by atoms with van der Waals surface area (Å²) >= 11 is 0. The van der Waals surface area contributed by atoms with Gasteiger partial charge in [-0.1, -0.05) is 0 Å². The van der Waals surface area contributed by atoms with E-state index in [4.69, 9.17) is 9.79 Å². The number of hydrogen-bond donors (Lipinski definition) is 3. The van der Waals surface area contributed by atoms with Gasteiger partial charge in [0.15, 0.2) is 0 Å². The molecule has 0 spiro atoms. The molecule has 0 aliphatic carbocycles. The minimum absolute atomic E-state index is 0.0458. The molecule has 1 atom stereocenters. The molecule has 80 valence electrons. The maximum absolute atomic E-state index is 10.5. The van der Waals surface area contributed by atoms with Crippen LogP contribution in [0, 0.1) is 0 Å². The molecule has 0 saturated heterocycles. The van der Waals surface area contributed by atoms with Crippen LogP contribution < -0.4 is 0 Å². The third-order valence-corrected chi connectivity index (χ3v) is 2.46. The fourth-order valence-corrected chi connectivity index (χ4v) is 1.59. The summed E-state index contributed by atoms with van der Waals surface area (Å²) in [6.07, 6.45) is 1.67. The quantitative estimate of drug-likeness (QED) is 0.562. The van der Waals surface area contributed by atoms with Gasteiger partial charge in [-0.3, -0.25) is 9.25 Å². The Bertz CT molecular complexity index is 309. The van der Waals surface area contributed by atoms with Gasteiger partial charge in [0.2, 0.25) is 0 Å². The monoisotopic (exact) mass is 221 g/mol. The van der Waals surface area contributed by atoms with Crippen molar-refractivity contribution in [3.8, 4) is 0 Å². The Labute approximate surface area is 80.6 Å². The molecule has 1 heterocycles. The first kappa shape index (κ1) is 11.3. The molecule has 0 saturated carbocycles. The molecule has 1 aromatic rings. The van der Waals surface area contributed by atoms with Gasteiger partial charge >= 0.3 is 7.60 Å². The van der Waals surface area contributed by atoms with Crippen molar-refractivity contribution in [3.05, 3.63) is 12.7 Å². The maximum Gasteiger partial charge on any atom is 0.325 e. The SMILES string of the molecule is O=P(O)(O)CCC(O)Cn1cncn1. The van der Waals surface area contributed by atoms with Crippen LogP contribution >= 0.6 is 7.60 Å². The van der Waals surface area contributed by atoms with Gasteiger partial charge in [0.25, 0.3) is 0 Å². The van der Waals surface area contributed by atoms with Crippen LogP contribution in [0.15, 0.2) is 12.7 Å². The highest BCUT2D eigenvalue weighted by Crippen LogP contribution is 2.35. The van der Waals surface area contributed by atoms with E-state index in [0.717, 1.165) is 0 Å². The summed E-state index contributed by atoms with van der Waals surface area (Å²) in [7, 11) is -4.01. The predicted molar refractivity (Wildman–Crippen MR) is 47.6 cm³/mol. The van der Waals surface area contributed by atoms with Gasteiger partial charge in [0.1, 0.15) is 12.7 Å². The molecule has 1 aromatic heterocycles. The summed E-state index contributed by atoms with van der Waals surface area (Å²) in [6, 6.07) is 0. The van der Waals surface area contributed by atoms with E-state index in [1.165, 1.54) is 17.3 Å². The Kier molecular flexibility index (Phi) is 3.77. The lowest BCUT2D eigenvalue weighted by Crippen LogP contribution is -2.17. The zero-order valence-corrected chi connectivity index (χ0v) is 8.29. The second-order valence-electron chi connectivity index (χ2n) is 2.95. The molecule has 0 amide bonds. The summed E-state index contributed by atoms with van der Waals surface area (Å²) in [4.78, 5) is 20.8. The number of aliphatic hydroxyl groups is 1. The minimum atomic E-state index is -4.01. The van der Waals surface area contributed by atoms with Crippen LogP contribution in [0.3, 0.4) is 0 Å². The lowest BCUT2D eigenvalue weighted by molar-refractivity contribution is 0.144. The molecule has 0 aliphatic rings. The van der Waals surface area contributed by atoms with Gasteiger partial charge in [-0.25, -0.2) is 4.98 Å². The van der Waals surface area contributed by atoms with Gasteiger partial charge < -0.3 is 14.9 Å². The molecule has 1 rings (SSSR count). The molecule has 14 heavy (non-hydrogen) atoms. The molecule has 0 aliphatic heterocycles. The molecular weight excluding hydrogens is 209 g/mol. The average Bonchev–Trinajstić information content (AvgIpc) is 2.52. The lowest BCUT2D eigenvalue weighted by Gasteiger charge is -2.10. The number of nitrogens with zero attached hydrogens (tertiary/aromatic N) is 3. The fourth-order valence-electron chi connectivity index (χ4n) is 0.951. The fraction of sp³-hybridized carbons (Fsp3) is 0.667. The topological polar surface area (TPSA) is 108 Å². The third kappa shape index (κ3) is 4.48. The summed E-state index contributed by atoms with van der Waals surface area (Å²) in [5.41, 5.74) is 0. The average molecular weight is 221 g/mol. The zero-order chi connectivity index (χ0) is 10.6. The molecular formula is C6H12N3O4P. The number of hydrogen-bond acceptors (Lipinski definition) is 4. The molecule has 0 bridgehead atoms. The Balaban J connectivity index is 2.30. The van der Waals surface area contributed by atoms with Crippen LogP contribution in [0.5, 0.6) is 0 Å². The Morgan fingerprint density at radius 3 is 2.71 bits per heavy atom. The summed E-state index contributed by atoms with van der Waals surface area (Å²) in [5.74, 6) is 0. The van der Waals surface area contributed by atoms with Crippen molar-refractivity contribution < 1.29 is 19.5 Å². The number of rotatable bonds is 5. The lowest BCUT2D eigenvalue weighted by atomic mass is 10.3. The molecule has 1 unspecified atom stereocenters. The van der Waals surface area contributed by atoms with Crippen molar-refractivity contribution in [1.29, 1.82) is 0 Å². The molecule has 0 radical (unpaired) electrons. The van der Waals surface area contributed by atoms with Crippen LogP contribution in [0.2, 0.25) is 0 Å². The number of aromatic nitrogens is 3. The summed E-state index contributed by atoms with van der Waals surface area (Å²) < 4.78 is 11.9. The van der Waals surface area contributed by atoms with Crippen LogP contribution in [0.1, 0.15) is 6.42 Å². The van der Waals surface area contributed by atoms with Gasteiger partial charge in [0.05, 0.1) is 18.8 Å². The number of aliphatic hydroxyl groups excluding tert-OH is 1. The van der Waals surface area contributed by atoms with Gasteiger partial charge in [-0.05, 0) is 6.42 Å². The highest BCUT2D eigenvalue weighted by atomic mass is 31.2. The Morgan fingerprint density at radius 1 is 1.50 bits per heavy atom. The summed E-state index contributed by atoms with van der Waals surface area (Å²) in [6.45, 7) is 0.194. The first-order chi connectivity index (χ1) is 6.47. The summed E-state index contributed by atoms with van der Waals surface area (Å²) in [5, 5.41) is 13.1. The maximum atomic E-state index is 10.5. The third-order valence-electron chi connectivity index (χ3n) is 1.62. The van der Waals surface area contributed by atoms with Crippen LogP contribution in [-0.2, 0) is 11.1 Å². The van der Waals surface area contributed by atoms with Crippen molar-refractivity contribution in [1.82, 2.24) is 14.8 Å². The molecule has 3 N–H and O–H groups in total. The van der Waals surface area contributed by atoms with E-state index in [1.807, 2.05) is 0 Å².